The molecule has 0 aliphatic carbocycles. The van der Waals surface area contributed by atoms with E-state index >= 15 is 0 Å². The summed E-state index contributed by atoms with van der Waals surface area (Å²) >= 11 is 1.25. The minimum Gasteiger partial charge on any atom is -0.302 e. The van der Waals surface area contributed by atoms with Crippen LogP contribution in [0.2, 0.25) is 0 Å². The molecule has 0 aliphatic rings. The van der Waals surface area contributed by atoms with Crippen molar-refractivity contribution in [3.05, 3.63) is 5.82 Å². The summed E-state index contributed by atoms with van der Waals surface area (Å²) in [6.07, 6.45) is 0.790. The highest BCUT2D eigenvalue weighted by Gasteiger charge is 2.08. The molecule has 0 bridgehead atoms. The van der Waals surface area contributed by atoms with Gasteiger partial charge in [0.05, 0.1) is 5.75 Å². The van der Waals surface area contributed by atoms with Gasteiger partial charge in [-0.3, -0.25) is 0 Å². The van der Waals surface area contributed by atoms with E-state index in [1.54, 1.807) is 0 Å². The number of carbonyl (C=O) groups excluding carboxylic acids is 1. The molecule has 0 saturated heterocycles. The molecule has 10 heteroatoms. The standard InChI is InChI=1S/C5H6N8OS/c14-1-2-15-5-8-11-12-13(5)3-4-6-9-10-7-4/h1H,2-3H2,(H,6,7,9,10). The first kappa shape index (κ1) is 9.71. The number of H-pyrrole nitrogens is 1. The fourth-order valence-electron chi connectivity index (χ4n) is 0.891. The van der Waals surface area contributed by atoms with Crippen LogP contribution in [0.3, 0.4) is 0 Å². The number of aromatic nitrogens is 8. The van der Waals surface area contributed by atoms with E-state index in [1.807, 2.05) is 0 Å². The van der Waals surface area contributed by atoms with E-state index in [4.69, 9.17) is 0 Å². The number of nitrogens with one attached hydrogen (secondary N) is 1. The molecular formula is C5H6N8OS. The molecule has 15 heavy (non-hydrogen) atoms. The highest BCUT2D eigenvalue weighted by Crippen LogP contribution is 2.12. The van der Waals surface area contributed by atoms with Gasteiger partial charge in [-0.1, -0.05) is 17.0 Å². The third-order valence-electron chi connectivity index (χ3n) is 1.46. The predicted molar refractivity (Wildman–Crippen MR) is 47.9 cm³/mol. The van der Waals surface area contributed by atoms with Crippen LogP contribution in [0.25, 0.3) is 0 Å². The number of thioether (sulfide) groups is 1. The summed E-state index contributed by atoms with van der Waals surface area (Å²) < 4.78 is 1.50. The van der Waals surface area contributed by atoms with Gasteiger partial charge in [-0.2, -0.15) is 5.21 Å². The van der Waals surface area contributed by atoms with Crippen molar-refractivity contribution < 1.29 is 4.79 Å². The van der Waals surface area contributed by atoms with Crippen LogP contribution < -0.4 is 0 Å². The molecule has 2 aromatic heterocycles. The maximum absolute atomic E-state index is 10.2. The lowest BCUT2D eigenvalue weighted by atomic mass is 10.6. The van der Waals surface area contributed by atoms with Crippen molar-refractivity contribution in [2.24, 2.45) is 0 Å². The molecule has 0 aromatic carbocycles. The molecule has 0 unspecified atom stereocenters. The average Bonchev–Trinajstić information content (AvgIpc) is 2.87. The van der Waals surface area contributed by atoms with E-state index in [9.17, 15) is 4.79 Å². The Labute approximate surface area is 87.6 Å². The summed E-state index contributed by atoms with van der Waals surface area (Å²) in [6.45, 7) is 0.324. The van der Waals surface area contributed by atoms with E-state index in [0.29, 0.717) is 23.3 Å². The maximum atomic E-state index is 10.2. The number of aldehydes is 1. The van der Waals surface area contributed by atoms with Gasteiger partial charge in [0.25, 0.3) is 0 Å². The fraction of sp³-hybridized carbons (Fsp3) is 0.400. The van der Waals surface area contributed by atoms with Crippen LogP contribution in [-0.4, -0.2) is 52.9 Å². The van der Waals surface area contributed by atoms with Gasteiger partial charge in [0.1, 0.15) is 12.8 Å². The Hall–Kier alpha value is -1.84. The highest BCUT2D eigenvalue weighted by atomic mass is 32.2. The number of tetrazole rings is 2. The Morgan fingerprint density at radius 3 is 3.13 bits per heavy atom. The summed E-state index contributed by atoms with van der Waals surface area (Å²) in [4.78, 5) is 10.2. The quantitative estimate of drug-likeness (QED) is 0.485. The van der Waals surface area contributed by atoms with Gasteiger partial charge in [0, 0.05) is 0 Å². The fourth-order valence-corrected chi connectivity index (χ4v) is 1.45. The molecule has 1 N–H and O–H groups in total. The first-order chi connectivity index (χ1) is 7.40. The molecule has 0 saturated carbocycles. The number of nitrogens with zero attached hydrogens (tertiary/aromatic N) is 7. The zero-order valence-electron chi connectivity index (χ0n) is 7.44. The third-order valence-corrected chi connectivity index (χ3v) is 2.31. The zero-order chi connectivity index (χ0) is 10.5. The predicted octanol–water partition coefficient (Wildman–Crippen LogP) is -1.47. The van der Waals surface area contributed by atoms with Gasteiger partial charge >= 0.3 is 0 Å². The second kappa shape index (κ2) is 4.59. The monoisotopic (exact) mass is 226 g/mol. The van der Waals surface area contributed by atoms with Crippen LogP contribution in [0.1, 0.15) is 5.82 Å². The Morgan fingerprint density at radius 1 is 1.47 bits per heavy atom. The minimum atomic E-state index is 0.312. The van der Waals surface area contributed by atoms with Crippen molar-refractivity contribution in [3.63, 3.8) is 0 Å². The Balaban J connectivity index is 2.07. The Bertz CT molecular complexity index is 424. The lowest BCUT2D eigenvalue weighted by Gasteiger charge is -1.97. The molecule has 0 fully saturated rings. The van der Waals surface area contributed by atoms with E-state index in [0.717, 1.165) is 6.29 Å². The Kier molecular flexibility index (Phi) is 2.97. The minimum absolute atomic E-state index is 0.312. The zero-order valence-corrected chi connectivity index (χ0v) is 8.26. The average molecular weight is 226 g/mol. The Morgan fingerprint density at radius 2 is 2.40 bits per heavy atom. The summed E-state index contributed by atoms with van der Waals surface area (Å²) in [6, 6.07) is 0. The largest absolute Gasteiger partial charge is 0.302 e. The van der Waals surface area contributed by atoms with Crippen molar-refractivity contribution >= 4 is 18.0 Å². The van der Waals surface area contributed by atoms with Gasteiger partial charge in [-0.25, -0.2) is 4.68 Å². The molecule has 0 amide bonds. The van der Waals surface area contributed by atoms with Crippen LogP contribution in [0, 0.1) is 0 Å². The van der Waals surface area contributed by atoms with Gasteiger partial charge in [0.15, 0.2) is 5.82 Å². The van der Waals surface area contributed by atoms with Gasteiger partial charge < -0.3 is 4.79 Å². The summed E-state index contributed by atoms with van der Waals surface area (Å²) in [7, 11) is 0. The molecule has 2 heterocycles. The van der Waals surface area contributed by atoms with Crippen molar-refractivity contribution in [3.8, 4) is 0 Å². The molecule has 9 nitrogen and oxygen atoms in total. The van der Waals surface area contributed by atoms with Crippen LogP contribution in [-0.2, 0) is 11.3 Å². The first-order valence-corrected chi connectivity index (χ1v) is 4.93. The highest BCUT2D eigenvalue weighted by molar-refractivity contribution is 7.99. The molecule has 78 valence electrons. The molecule has 0 radical (unpaired) electrons. The number of hydrogen-bond acceptors (Lipinski definition) is 8. The van der Waals surface area contributed by atoms with Gasteiger partial charge in [0.2, 0.25) is 5.16 Å². The summed E-state index contributed by atoms with van der Waals surface area (Å²) in [5.74, 6) is 0.794. The second-order valence-corrected chi connectivity index (χ2v) is 3.41. The van der Waals surface area contributed by atoms with Gasteiger partial charge in [-0.05, 0) is 10.4 Å². The van der Waals surface area contributed by atoms with Crippen molar-refractivity contribution in [2.75, 3.05) is 5.75 Å². The van der Waals surface area contributed by atoms with Crippen molar-refractivity contribution in [1.82, 2.24) is 40.8 Å². The first-order valence-electron chi connectivity index (χ1n) is 3.95. The number of carbonyl (C=O) groups is 1. The molecular weight excluding hydrogens is 220 g/mol. The number of hydrogen-bond donors (Lipinski definition) is 1. The van der Waals surface area contributed by atoms with Crippen LogP contribution in [0.4, 0.5) is 0 Å². The van der Waals surface area contributed by atoms with E-state index in [2.05, 4.69) is 36.1 Å². The number of rotatable bonds is 5. The molecule has 0 aliphatic heterocycles. The topological polar surface area (TPSA) is 115 Å². The van der Waals surface area contributed by atoms with Crippen LogP contribution in [0.5, 0.6) is 0 Å². The molecule has 2 rings (SSSR count). The maximum Gasteiger partial charge on any atom is 0.210 e. The number of aromatic amines is 1. The third kappa shape index (κ3) is 2.34. The normalized spacial score (nSPS) is 10.4. The van der Waals surface area contributed by atoms with Gasteiger partial charge in [-0.15, -0.1) is 15.3 Å². The van der Waals surface area contributed by atoms with E-state index in [1.165, 1.54) is 16.4 Å². The SMILES string of the molecule is O=CCSc1nnnn1Cc1nn[nH]n1. The second-order valence-electron chi connectivity index (χ2n) is 2.42. The molecule has 0 atom stereocenters. The molecule has 0 spiro atoms. The van der Waals surface area contributed by atoms with Crippen LogP contribution >= 0.6 is 11.8 Å². The van der Waals surface area contributed by atoms with Crippen LogP contribution in [0.15, 0.2) is 5.16 Å². The van der Waals surface area contributed by atoms with E-state index < -0.39 is 0 Å². The van der Waals surface area contributed by atoms with Crippen molar-refractivity contribution in [1.29, 1.82) is 0 Å². The summed E-state index contributed by atoms with van der Waals surface area (Å²) in [5, 5.41) is 24.8. The molecule has 2 aromatic rings. The van der Waals surface area contributed by atoms with E-state index in [-0.39, 0.29) is 0 Å². The smallest absolute Gasteiger partial charge is 0.210 e. The lowest BCUT2D eigenvalue weighted by molar-refractivity contribution is -0.105. The van der Waals surface area contributed by atoms with Crippen molar-refractivity contribution in [2.45, 2.75) is 11.7 Å². The summed E-state index contributed by atoms with van der Waals surface area (Å²) in [5.41, 5.74) is 0. The lowest BCUT2D eigenvalue weighted by Crippen LogP contribution is -2.05.